The number of hydrogen-bond donors (Lipinski definition) is 1. The zero-order valence-electron chi connectivity index (χ0n) is 8.85. The minimum atomic E-state index is -0.377. The lowest BCUT2D eigenvalue weighted by molar-refractivity contribution is 0.0476. The Kier molecular flexibility index (Phi) is 3.81. The topological polar surface area (TPSA) is 52.3 Å². The van der Waals surface area contributed by atoms with Crippen molar-refractivity contribution in [3.8, 4) is 0 Å². The number of nitrogen functional groups attached to an aromatic ring is 1. The summed E-state index contributed by atoms with van der Waals surface area (Å²) in [5, 5.41) is 1.94. The molecule has 0 bridgehead atoms. The molecule has 0 radical (unpaired) electrons. The first-order valence-corrected chi connectivity index (χ1v) is 6.58. The molecule has 1 aromatic heterocycles. The fraction of sp³-hybridized carbons (Fsp3) is 0.0833. The van der Waals surface area contributed by atoms with E-state index in [9.17, 15) is 4.79 Å². The minimum absolute atomic E-state index is 0.289. The van der Waals surface area contributed by atoms with Gasteiger partial charge in [0.05, 0.1) is 5.56 Å². The molecule has 17 heavy (non-hydrogen) atoms. The summed E-state index contributed by atoms with van der Waals surface area (Å²) in [5.41, 5.74) is 6.61. The van der Waals surface area contributed by atoms with Gasteiger partial charge in [-0.2, -0.15) is 0 Å². The summed E-state index contributed by atoms with van der Waals surface area (Å²) >= 11 is 4.85. The van der Waals surface area contributed by atoms with Gasteiger partial charge in [0.1, 0.15) is 6.61 Å². The van der Waals surface area contributed by atoms with Crippen molar-refractivity contribution in [1.82, 2.24) is 0 Å². The summed E-state index contributed by atoms with van der Waals surface area (Å²) in [6.07, 6.45) is 0. The second kappa shape index (κ2) is 5.33. The van der Waals surface area contributed by atoms with E-state index in [1.165, 1.54) is 0 Å². The van der Waals surface area contributed by atoms with Gasteiger partial charge in [-0.25, -0.2) is 4.79 Å². The van der Waals surface area contributed by atoms with Crippen LogP contribution in [0.15, 0.2) is 40.2 Å². The molecule has 0 aliphatic heterocycles. The Hall–Kier alpha value is -1.33. The highest BCUT2D eigenvalue weighted by Crippen LogP contribution is 2.21. The molecule has 0 saturated carbocycles. The molecule has 5 heteroatoms. The highest BCUT2D eigenvalue weighted by atomic mass is 79.9. The van der Waals surface area contributed by atoms with Crippen LogP contribution in [-0.4, -0.2) is 5.97 Å². The minimum Gasteiger partial charge on any atom is -0.456 e. The van der Waals surface area contributed by atoms with Gasteiger partial charge in [-0.15, -0.1) is 11.3 Å². The normalized spacial score (nSPS) is 10.2. The van der Waals surface area contributed by atoms with E-state index >= 15 is 0 Å². The lowest BCUT2D eigenvalue weighted by atomic mass is 10.2. The average Bonchev–Trinajstić information content (AvgIpc) is 2.82. The molecule has 0 amide bonds. The number of thiophene rings is 1. The number of benzene rings is 1. The van der Waals surface area contributed by atoms with Crippen LogP contribution < -0.4 is 5.73 Å². The Morgan fingerprint density at radius 3 is 2.94 bits per heavy atom. The Balaban J connectivity index is 2.07. The standard InChI is InChI=1S/C12H10BrNO2S/c13-11-4-3-8(14)6-10(11)12(15)16-7-9-2-1-5-17-9/h1-6H,7,14H2. The number of anilines is 1. The number of carbonyl (C=O) groups is 1. The van der Waals surface area contributed by atoms with Crippen molar-refractivity contribution < 1.29 is 9.53 Å². The van der Waals surface area contributed by atoms with E-state index in [2.05, 4.69) is 15.9 Å². The number of rotatable bonds is 3. The quantitative estimate of drug-likeness (QED) is 0.697. The molecular formula is C12H10BrNO2S. The Morgan fingerprint density at radius 2 is 2.24 bits per heavy atom. The van der Waals surface area contributed by atoms with E-state index in [0.717, 1.165) is 4.88 Å². The van der Waals surface area contributed by atoms with Gasteiger partial charge in [0.15, 0.2) is 0 Å². The van der Waals surface area contributed by atoms with Gasteiger partial charge in [0, 0.05) is 15.0 Å². The molecule has 1 aromatic carbocycles. The molecule has 0 aliphatic rings. The number of esters is 1. The summed E-state index contributed by atoms with van der Waals surface area (Å²) < 4.78 is 5.88. The number of ether oxygens (including phenoxy) is 1. The monoisotopic (exact) mass is 311 g/mol. The molecule has 0 spiro atoms. The van der Waals surface area contributed by atoms with E-state index < -0.39 is 0 Å². The van der Waals surface area contributed by atoms with Crippen LogP contribution in [0.1, 0.15) is 15.2 Å². The fourth-order valence-corrected chi connectivity index (χ4v) is 2.33. The van der Waals surface area contributed by atoms with Crippen molar-refractivity contribution in [2.24, 2.45) is 0 Å². The Bertz CT molecular complexity index is 525. The number of hydrogen-bond acceptors (Lipinski definition) is 4. The Labute approximate surface area is 111 Å². The van der Waals surface area contributed by atoms with E-state index in [1.807, 2.05) is 17.5 Å². The maximum atomic E-state index is 11.8. The first-order chi connectivity index (χ1) is 8.16. The van der Waals surface area contributed by atoms with Crippen LogP contribution in [0.25, 0.3) is 0 Å². The summed E-state index contributed by atoms with van der Waals surface area (Å²) in [6, 6.07) is 8.90. The fourth-order valence-electron chi connectivity index (χ4n) is 1.31. The third-order valence-electron chi connectivity index (χ3n) is 2.14. The van der Waals surface area contributed by atoms with Gasteiger partial charge in [-0.05, 0) is 45.6 Å². The zero-order valence-corrected chi connectivity index (χ0v) is 11.3. The third-order valence-corrected chi connectivity index (χ3v) is 3.68. The highest BCUT2D eigenvalue weighted by Gasteiger charge is 2.12. The molecule has 0 aliphatic carbocycles. The van der Waals surface area contributed by atoms with Gasteiger partial charge >= 0.3 is 5.97 Å². The van der Waals surface area contributed by atoms with Crippen molar-refractivity contribution in [1.29, 1.82) is 0 Å². The van der Waals surface area contributed by atoms with Crippen LogP contribution in [0, 0.1) is 0 Å². The van der Waals surface area contributed by atoms with Crippen LogP contribution >= 0.6 is 27.3 Å². The summed E-state index contributed by atoms with van der Waals surface area (Å²) in [5.74, 6) is -0.377. The van der Waals surface area contributed by atoms with Crippen molar-refractivity contribution in [2.75, 3.05) is 5.73 Å². The van der Waals surface area contributed by atoms with Gasteiger partial charge in [0.2, 0.25) is 0 Å². The number of nitrogens with two attached hydrogens (primary N) is 1. The smallest absolute Gasteiger partial charge is 0.339 e. The first kappa shape index (κ1) is 12.1. The van der Waals surface area contributed by atoms with E-state index in [-0.39, 0.29) is 12.6 Å². The van der Waals surface area contributed by atoms with Gasteiger partial charge in [-0.1, -0.05) is 6.07 Å². The number of carbonyl (C=O) groups excluding carboxylic acids is 1. The lowest BCUT2D eigenvalue weighted by Gasteiger charge is -2.06. The van der Waals surface area contributed by atoms with Gasteiger partial charge in [-0.3, -0.25) is 0 Å². The van der Waals surface area contributed by atoms with Crippen molar-refractivity contribution in [3.63, 3.8) is 0 Å². The largest absolute Gasteiger partial charge is 0.456 e. The zero-order chi connectivity index (χ0) is 12.3. The number of halogens is 1. The van der Waals surface area contributed by atoms with Crippen molar-refractivity contribution >= 4 is 38.9 Å². The molecule has 2 rings (SSSR count). The first-order valence-electron chi connectivity index (χ1n) is 4.91. The summed E-state index contributed by atoms with van der Waals surface area (Å²) in [7, 11) is 0. The molecule has 0 atom stereocenters. The van der Waals surface area contributed by atoms with Gasteiger partial charge in [0.25, 0.3) is 0 Å². The molecule has 0 saturated heterocycles. The molecule has 2 N–H and O–H groups in total. The van der Waals surface area contributed by atoms with Crippen LogP contribution in [0.5, 0.6) is 0 Å². The maximum Gasteiger partial charge on any atom is 0.339 e. The third kappa shape index (κ3) is 3.08. The van der Waals surface area contributed by atoms with Crippen molar-refractivity contribution in [3.05, 3.63) is 50.6 Å². The van der Waals surface area contributed by atoms with Crippen LogP contribution in [-0.2, 0) is 11.3 Å². The second-order valence-corrected chi connectivity index (χ2v) is 5.28. The molecule has 88 valence electrons. The van der Waals surface area contributed by atoms with Crippen molar-refractivity contribution in [2.45, 2.75) is 6.61 Å². The lowest BCUT2D eigenvalue weighted by Crippen LogP contribution is -2.06. The average molecular weight is 312 g/mol. The SMILES string of the molecule is Nc1ccc(Br)c(C(=O)OCc2cccs2)c1. The van der Waals surface area contributed by atoms with E-state index in [4.69, 9.17) is 10.5 Å². The predicted octanol–water partition coefficient (Wildman–Crippen LogP) is 3.45. The molecule has 3 nitrogen and oxygen atoms in total. The molecule has 1 heterocycles. The maximum absolute atomic E-state index is 11.8. The van der Waals surface area contributed by atoms with Crippen LogP contribution in [0.3, 0.4) is 0 Å². The molecular weight excluding hydrogens is 302 g/mol. The van der Waals surface area contributed by atoms with Gasteiger partial charge < -0.3 is 10.5 Å². The van der Waals surface area contributed by atoms with Crippen LogP contribution in [0.4, 0.5) is 5.69 Å². The van der Waals surface area contributed by atoms with E-state index in [0.29, 0.717) is 15.7 Å². The molecule has 0 fully saturated rings. The van der Waals surface area contributed by atoms with Crippen LogP contribution in [0.2, 0.25) is 0 Å². The molecule has 2 aromatic rings. The second-order valence-electron chi connectivity index (χ2n) is 3.39. The predicted molar refractivity (Wildman–Crippen MR) is 72.0 cm³/mol. The highest BCUT2D eigenvalue weighted by molar-refractivity contribution is 9.10. The Morgan fingerprint density at radius 1 is 1.41 bits per heavy atom. The van der Waals surface area contributed by atoms with E-state index in [1.54, 1.807) is 29.5 Å². The molecule has 0 unspecified atom stereocenters. The summed E-state index contributed by atoms with van der Waals surface area (Å²) in [6.45, 7) is 0.289. The summed E-state index contributed by atoms with van der Waals surface area (Å²) in [4.78, 5) is 12.8.